The first-order valence-corrected chi connectivity index (χ1v) is 19.9. The first kappa shape index (κ1) is 39.7. The van der Waals surface area contributed by atoms with Crippen LogP contribution in [-0.2, 0) is 33.9 Å². The molecule has 0 radical (unpaired) electrons. The molecule has 5 nitrogen and oxygen atoms in total. The molecule has 0 N–H and O–H groups in total. The Morgan fingerprint density at radius 2 is 1.61 bits per heavy atom. The van der Waals surface area contributed by atoms with Gasteiger partial charge in [0, 0.05) is 40.4 Å². The Morgan fingerprint density at radius 3 is 2.33 bits per heavy atom. The molecule has 0 bridgehead atoms. The van der Waals surface area contributed by atoms with E-state index >= 15 is 0 Å². The molecule has 54 heavy (non-hydrogen) atoms. The number of aromatic nitrogens is 4. The zero-order valence-electron chi connectivity index (χ0n) is 33.6. The van der Waals surface area contributed by atoms with Crippen molar-refractivity contribution in [2.45, 2.75) is 113 Å². The average Bonchev–Trinajstić information content (AvgIpc) is 3.64. The molecule has 0 amide bonds. The molecule has 3 aromatic carbocycles. The molecule has 1 aliphatic rings. The van der Waals surface area contributed by atoms with Crippen LogP contribution in [0.25, 0.3) is 33.3 Å². The number of pyridine rings is 1. The number of benzene rings is 3. The van der Waals surface area contributed by atoms with Crippen LogP contribution < -0.4 is 4.74 Å². The van der Waals surface area contributed by atoms with Gasteiger partial charge in [0.2, 0.25) is 0 Å². The average molecular weight is 900 g/mol. The molecule has 2 atom stereocenters. The SMILES string of the molecule is CC1=CCC[C@H](C)C1c1c(CCC(C)C)nn(-c2[c-]c(Oc3[c-]c4c(cc3)c3ccccc3n4-c3cc(C)ccn3)cc(C(C)C)c2)c1CCC(C)C.[Pt+2]. The van der Waals surface area contributed by atoms with Gasteiger partial charge in [-0.15, -0.1) is 41.3 Å². The minimum atomic E-state index is 0. The number of para-hydroxylation sites is 1. The largest absolute Gasteiger partial charge is 2.00 e. The van der Waals surface area contributed by atoms with E-state index in [4.69, 9.17) is 14.8 Å². The molecule has 3 aromatic heterocycles. The van der Waals surface area contributed by atoms with E-state index in [2.05, 4.69) is 138 Å². The summed E-state index contributed by atoms with van der Waals surface area (Å²) in [5.74, 6) is 4.66. The summed E-state index contributed by atoms with van der Waals surface area (Å²) in [6.07, 6.45) is 10.9. The van der Waals surface area contributed by atoms with Gasteiger partial charge in [0.15, 0.2) is 0 Å². The number of fused-ring (bicyclic) bond motifs is 3. The molecule has 0 saturated heterocycles. The van der Waals surface area contributed by atoms with Gasteiger partial charge in [-0.05, 0) is 111 Å². The maximum Gasteiger partial charge on any atom is 2.00 e. The Balaban J connectivity index is 0.00000497. The third kappa shape index (κ3) is 8.18. The van der Waals surface area contributed by atoms with Crippen LogP contribution >= 0.6 is 0 Å². The van der Waals surface area contributed by atoms with Crippen LogP contribution in [0.1, 0.15) is 121 Å². The third-order valence-corrected chi connectivity index (χ3v) is 11.1. The van der Waals surface area contributed by atoms with Crippen molar-refractivity contribution in [3.63, 3.8) is 0 Å². The van der Waals surface area contributed by atoms with Crippen molar-refractivity contribution in [1.82, 2.24) is 19.3 Å². The first-order chi connectivity index (χ1) is 25.5. The molecule has 0 saturated carbocycles. The third-order valence-electron chi connectivity index (χ3n) is 11.1. The standard InChI is InChI=1S/C48H56N4O.Pt/c1-30(2)17-21-42-48(47-34(8)13-12-14-35(47)9)44(22-18-31(3)4)52(50-42)37-26-36(32(5)6)27-39(28-37)53-38-19-20-41-40-15-10-11-16-43(40)51(45(41)29-38)46-25-33(7)23-24-49-46;/h10-11,13,15-16,19-20,23-27,30-32,35,47H,12,14,17-18,21-22H2,1-9H3;/q-2;+2/t35-,47?;/m0./s1. The van der Waals surface area contributed by atoms with Gasteiger partial charge in [-0.25, -0.2) is 4.98 Å². The molecule has 1 aliphatic carbocycles. The molecule has 0 spiro atoms. The van der Waals surface area contributed by atoms with Crippen LogP contribution in [0.3, 0.4) is 0 Å². The minimum Gasteiger partial charge on any atom is -0.509 e. The van der Waals surface area contributed by atoms with Crippen LogP contribution in [0.2, 0.25) is 0 Å². The molecule has 284 valence electrons. The quantitative estimate of drug-likeness (QED) is 0.0908. The number of aryl methyl sites for hydroxylation is 2. The summed E-state index contributed by atoms with van der Waals surface area (Å²) in [6.45, 7) is 20.7. The van der Waals surface area contributed by atoms with Gasteiger partial charge < -0.3 is 9.30 Å². The summed E-state index contributed by atoms with van der Waals surface area (Å²) >= 11 is 0. The fourth-order valence-corrected chi connectivity index (χ4v) is 8.16. The van der Waals surface area contributed by atoms with E-state index in [1.165, 1.54) is 39.9 Å². The molecule has 0 fully saturated rings. The Labute approximate surface area is 337 Å². The van der Waals surface area contributed by atoms with Crippen LogP contribution in [0.15, 0.2) is 78.5 Å². The maximum absolute atomic E-state index is 6.76. The summed E-state index contributed by atoms with van der Waals surface area (Å²) in [6, 6.07) is 28.6. The fraction of sp³-hybridized carbons (Fsp3) is 0.417. The second kappa shape index (κ2) is 16.8. The smallest absolute Gasteiger partial charge is 0.509 e. The molecule has 6 aromatic rings. The van der Waals surface area contributed by atoms with Gasteiger partial charge in [-0.3, -0.25) is 4.68 Å². The van der Waals surface area contributed by atoms with E-state index in [-0.39, 0.29) is 21.1 Å². The molecule has 3 heterocycles. The second-order valence-corrected chi connectivity index (χ2v) is 16.6. The predicted molar refractivity (Wildman–Crippen MR) is 220 cm³/mol. The van der Waals surface area contributed by atoms with Crippen LogP contribution in [0.5, 0.6) is 11.5 Å². The van der Waals surface area contributed by atoms with E-state index in [0.29, 0.717) is 41.1 Å². The van der Waals surface area contributed by atoms with Gasteiger partial charge in [-0.1, -0.05) is 83.8 Å². The molecular formula is C48H56N4OPt. The summed E-state index contributed by atoms with van der Waals surface area (Å²) in [5, 5.41) is 7.81. The van der Waals surface area contributed by atoms with Gasteiger partial charge in [0.25, 0.3) is 0 Å². The van der Waals surface area contributed by atoms with Crippen molar-refractivity contribution in [3.8, 4) is 23.0 Å². The predicted octanol–water partition coefficient (Wildman–Crippen LogP) is 12.8. The van der Waals surface area contributed by atoms with Crippen molar-refractivity contribution in [2.75, 3.05) is 0 Å². The Hall–Kier alpha value is -3.95. The Morgan fingerprint density at radius 1 is 0.852 bits per heavy atom. The molecule has 7 rings (SSSR count). The first-order valence-electron chi connectivity index (χ1n) is 19.9. The van der Waals surface area contributed by atoms with Gasteiger partial charge >= 0.3 is 21.1 Å². The number of hydrogen-bond acceptors (Lipinski definition) is 3. The summed E-state index contributed by atoms with van der Waals surface area (Å²) in [5.41, 5.74) is 10.9. The van der Waals surface area contributed by atoms with Gasteiger partial charge in [0.1, 0.15) is 5.82 Å². The number of rotatable bonds is 12. The maximum atomic E-state index is 6.76. The number of ether oxygens (including phenoxy) is 1. The monoisotopic (exact) mass is 899 g/mol. The van der Waals surface area contributed by atoms with Crippen molar-refractivity contribution in [1.29, 1.82) is 0 Å². The zero-order chi connectivity index (χ0) is 37.4. The Bertz CT molecular complexity index is 2270. The van der Waals surface area contributed by atoms with Crippen LogP contribution in [0, 0.1) is 36.8 Å². The topological polar surface area (TPSA) is 44.9 Å². The molecular weight excluding hydrogens is 844 g/mol. The Kier molecular flexibility index (Phi) is 12.4. The number of hydrogen-bond donors (Lipinski definition) is 0. The van der Waals surface area contributed by atoms with E-state index in [1.807, 2.05) is 18.3 Å². The summed E-state index contributed by atoms with van der Waals surface area (Å²) in [7, 11) is 0. The second-order valence-electron chi connectivity index (χ2n) is 16.6. The van der Waals surface area contributed by atoms with Crippen molar-refractivity contribution in [2.24, 2.45) is 17.8 Å². The summed E-state index contributed by atoms with van der Waals surface area (Å²) < 4.78 is 11.2. The van der Waals surface area contributed by atoms with Crippen molar-refractivity contribution < 1.29 is 25.8 Å². The van der Waals surface area contributed by atoms with E-state index in [1.54, 1.807) is 0 Å². The van der Waals surface area contributed by atoms with Gasteiger partial charge in [0.05, 0.1) is 5.69 Å². The number of nitrogens with zero attached hydrogens (tertiary/aromatic N) is 4. The normalized spacial score (nSPS) is 16.1. The van der Waals surface area contributed by atoms with E-state index in [9.17, 15) is 0 Å². The minimum absolute atomic E-state index is 0. The fourth-order valence-electron chi connectivity index (χ4n) is 8.16. The number of allylic oxidation sites excluding steroid dienone is 2. The van der Waals surface area contributed by atoms with E-state index in [0.717, 1.165) is 65.6 Å². The van der Waals surface area contributed by atoms with Crippen LogP contribution in [0.4, 0.5) is 0 Å². The molecule has 1 unspecified atom stereocenters. The molecule has 6 heteroatoms. The summed E-state index contributed by atoms with van der Waals surface area (Å²) in [4.78, 5) is 4.76. The van der Waals surface area contributed by atoms with Crippen molar-refractivity contribution >= 4 is 21.8 Å². The van der Waals surface area contributed by atoms with Crippen LogP contribution in [-0.4, -0.2) is 19.3 Å². The van der Waals surface area contributed by atoms with Crippen molar-refractivity contribution in [3.05, 3.63) is 119 Å². The molecule has 0 aliphatic heterocycles. The van der Waals surface area contributed by atoms with Gasteiger partial charge in [-0.2, -0.15) is 11.2 Å². The van der Waals surface area contributed by atoms with E-state index < -0.39 is 0 Å². The zero-order valence-corrected chi connectivity index (χ0v) is 35.8.